The van der Waals surface area contributed by atoms with Crippen molar-refractivity contribution in [1.82, 2.24) is 20.1 Å². The van der Waals surface area contributed by atoms with Crippen LogP contribution in [0.2, 0.25) is 0 Å². The Hall–Kier alpha value is -2.73. The Bertz CT molecular complexity index is 997. The number of nitrogens with zero attached hydrogens (tertiary/aromatic N) is 3. The fourth-order valence-electron chi connectivity index (χ4n) is 3.66. The number of fused-ring (bicyclic) bond motifs is 1. The van der Waals surface area contributed by atoms with Gasteiger partial charge in [0.1, 0.15) is 5.69 Å². The van der Waals surface area contributed by atoms with Crippen molar-refractivity contribution in [2.75, 3.05) is 25.5 Å². The van der Waals surface area contributed by atoms with Crippen LogP contribution < -0.4 is 10.7 Å². The zero-order valence-corrected chi connectivity index (χ0v) is 15.1. The fourth-order valence-corrected chi connectivity index (χ4v) is 3.66. The maximum atomic E-state index is 12.5. The van der Waals surface area contributed by atoms with Crippen LogP contribution in [0.1, 0.15) is 18.4 Å². The quantitative estimate of drug-likeness (QED) is 0.761. The molecular weight excluding hydrogens is 326 g/mol. The second-order valence-electron chi connectivity index (χ2n) is 7.07. The minimum Gasteiger partial charge on any atom is -0.367 e. The molecule has 1 aromatic carbocycles. The molecule has 2 N–H and O–H groups in total. The molecule has 6 nitrogen and oxygen atoms in total. The van der Waals surface area contributed by atoms with Crippen LogP contribution in [0, 0.1) is 6.92 Å². The van der Waals surface area contributed by atoms with E-state index in [0.717, 1.165) is 36.1 Å². The van der Waals surface area contributed by atoms with Crippen LogP contribution in [0.4, 0.5) is 5.82 Å². The van der Waals surface area contributed by atoms with Gasteiger partial charge in [0, 0.05) is 41.3 Å². The number of rotatable bonds is 3. The van der Waals surface area contributed by atoms with E-state index in [9.17, 15) is 4.79 Å². The Morgan fingerprint density at radius 1 is 1.19 bits per heavy atom. The molecule has 6 heteroatoms. The number of pyridine rings is 1. The molecular formula is C20H23N5O. The lowest BCUT2D eigenvalue weighted by molar-refractivity contribution is 0.261. The van der Waals surface area contributed by atoms with Crippen LogP contribution in [0.5, 0.6) is 0 Å². The number of aryl methyl sites for hydroxylation is 1. The number of aromatic amines is 1. The molecule has 0 unspecified atom stereocenters. The number of hydrogen-bond donors (Lipinski definition) is 2. The van der Waals surface area contributed by atoms with Gasteiger partial charge in [-0.15, -0.1) is 10.2 Å². The lowest BCUT2D eigenvalue weighted by atomic mass is 10.0. The highest BCUT2D eigenvalue weighted by atomic mass is 16.1. The number of H-pyrrole nitrogens is 1. The van der Waals surface area contributed by atoms with E-state index >= 15 is 0 Å². The number of aromatic nitrogens is 3. The first-order chi connectivity index (χ1) is 12.6. The normalized spacial score (nSPS) is 18.2. The third-order valence-electron chi connectivity index (χ3n) is 5.04. The molecule has 3 heterocycles. The van der Waals surface area contributed by atoms with Crippen LogP contribution in [-0.2, 0) is 0 Å². The van der Waals surface area contributed by atoms with Gasteiger partial charge in [-0.3, -0.25) is 4.79 Å². The van der Waals surface area contributed by atoms with E-state index < -0.39 is 0 Å². The molecule has 134 valence electrons. The zero-order chi connectivity index (χ0) is 18.1. The third-order valence-corrected chi connectivity index (χ3v) is 5.04. The van der Waals surface area contributed by atoms with Crippen molar-refractivity contribution in [1.29, 1.82) is 0 Å². The van der Waals surface area contributed by atoms with Gasteiger partial charge >= 0.3 is 0 Å². The summed E-state index contributed by atoms with van der Waals surface area (Å²) in [7, 11) is 2.14. The van der Waals surface area contributed by atoms with Crippen molar-refractivity contribution in [3.05, 3.63) is 52.4 Å². The monoisotopic (exact) mass is 349 g/mol. The van der Waals surface area contributed by atoms with Gasteiger partial charge in [0.05, 0.1) is 5.56 Å². The van der Waals surface area contributed by atoms with Crippen molar-refractivity contribution in [3.63, 3.8) is 0 Å². The first-order valence-corrected chi connectivity index (χ1v) is 9.02. The van der Waals surface area contributed by atoms with Crippen LogP contribution in [-0.4, -0.2) is 46.3 Å². The summed E-state index contributed by atoms with van der Waals surface area (Å²) in [6.07, 6.45) is 5.71. The minimum absolute atomic E-state index is 0.0159. The van der Waals surface area contributed by atoms with Crippen LogP contribution >= 0.6 is 0 Å². The maximum Gasteiger partial charge on any atom is 0.193 e. The van der Waals surface area contributed by atoms with Gasteiger partial charge < -0.3 is 15.2 Å². The average molecular weight is 349 g/mol. The van der Waals surface area contributed by atoms with E-state index in [2.05, 4.69) is 32.4 Å². The molecule has 1 aliphatic rings. The molecule has 1 saturated heterocycles. The molecule has 4 rings (SSSR count). The summed E-state index contributed by atoms with van der Waals surface area (Å²) < 4.78 is 0. The highest BCUT2D eigenvalue weighted by Gasteiger charge is 2.20. The van der Waals surface area contributed by atoms with Crippen LogP contribution in [0.3, 0.4) is 0 Å². The molecule has 1 atom stereocenters. The average Bonchev–Trinajstić information content (AvgIpc) is 2.65. The van der Waals surface area contributed by atoms with Gasteiger partial charge in [-0.05, 0) is 33.4 Å². The minimum atomic E-state index is -0.0159. The van der Waals surface area contributed by atoms with E-state index in [1.54, 1.807) is 19.3 Å². The van der Waals surface area contributed by atoms with Gasteiger partial charge in [-0.25, -0.2) is 0 Å². The van der Waals surface area contributed by atoms with E-state index in [1.165, 1.54) is 6.42 Å². The highest BCUT2D eigenvalue weighted by Crippen LogP contribution is 2.29. The molecule has 0 bridgehead atoms. The summed E-state index contributed by atoms with van der Waals surface area (Å²) in [5.74, 6) is 0.786. The predicted molar refractivity (Wildman–Crippen MR) is 104 cm³/mol. The molecule has 2 aromatic heterocycles. The smallest absolute Gasteiger partial charge is 0.193 e. The molecule has 0 amide bonds. The Balaban J connectivity index is 1.79. The summed E-state index contributed by atoms with van der Waals surface area (Å²) in [6.45, 7) is 3.93. The molecule has 0 spiro atoms. The largest absolute Gasteiger partial charge is 0.367 e. The lowest BCUT2D eigenvalue weighted by Crippen LogP contribution is -2.40. The maximum absolute atomic E-state index is 12.5. The van der Waals surface area contributed by atoms with Gasteiger partial charge in [0.2, 0.25) is 0 Å². The number of anilines is 1. The summed E-state index contributed by atoms with van der Waals surface area (Å²) in [5.41, 5.74) is 1.83. The van der Waals surface area contributed by atoms with E-state index in [4.69, 9.17) is 0 Å². The van der Waals surface area contributed by atoms with Gasteiger partial charge in [-0.1, -0.05) is 24.3 Å². The summed E-state index contributed by atoms with van der Waals surface area (Å²) >= 11 is 0. The Morgan fingerprint density at radius 3 is 2.81 bits per heavy atom. The summed E-state index contributed by atoms with van der Waals surface area (Å²) in [5, 5.41) is 14.3. The first-order valence-electron chi connectivity index (χ1n) is 9.02. The number of likely N-dealkylation sites (N-methyl/N-ethyl adjacent to an activating group) is 1. The summed E-state index contributed by atoms with van der Waals surface area (Å²) in [4.78, 5) is 17.9. The number of hydrogen-bond acceptors (Lipinski definition) is 5. The van der Waals surface area contributed by atoms with Crippen LogP contribution in [0.25, 0.3) is 22.0 Å². The Labute approximate surface area is 152 Å². The second-order valence-corrected chi connectivity index (χ2v) is 7.07. The second kappa shape index (κ2) is 6.88. The number of benzene rings is 1. The van der Waals surface area contributed by atoms with Crippen LogP contribution in [0.15, 0.2) is 41.5 Å². The molecule has 26 heavy (non-hydrogen) atoms. The SMILES string of the molecule is Cc1c[nH]cc(-c2nnc(N[C@@H]3CCCN(C)C3)c3ccccc23)c1=O. The van der Waals surface area contributed by atoms with E-state index in [-0.39, 0.29) is 5.43 Å². The molecule has 0 saturated carbocycles. The number of likely N-dealkylation sites (tertiary alicyclic amines) is 1. The highest BCUT2D eigenvalue weighted by molar-refractivity contribution is 6.00. The molecule has 1 aliphatic heterocycles. The first kappa shape index (κ1) is 16.7. The van der Waals surface area contributed by atoms with Crippen molar-refractivity contribution in [2.45, 2.75) is 25.8 Å². The number of nitrogens with one attached hydrogen (secondary N) is 2. The lowest BCUT2D eigenvalue weighted by Gasteiger charge is -2.30. The molecule has 0 aliphatic carbocycles. The molecule has 0 radical (unpaired) electrons. The van der Waals surface area contributed by atoms with Gasteiger partial charge in [0.25, 0.3) is 0 Å². The van der Waals surface area contributed by atoms with E-state index in [1.807, 2.05) is 24.3 Å². The standard InChI is InChI=1S/C20H23N5O/c1-13-10-21-11-17(19(13)26)18-15-7-3-4-8-16(15)20(24-23-18)22-14-6-5-9-25(2)12-14/h3-4,7-8,10-11,14H,5-6,9,12H2,1-2H3,(H,21,26)(H,22,24)/t14-/m1/s1. The van der Waals surface area contributed by atoms with Crippen molar-refractivity contribution < 1.29 is 0 Å². The van der Waals surface area contributed by atoms with Crippen molar-refractivity contribution in [2.24, 2.45) is 0 Å². The molecule has 1 fully saturated rings. The molecule has 3 aromatic rings. The topological polar surface area (TPSA) is 73.9 Å². The third kappa shape index (κ3) is 3.08. The van der Waals surface area contributed by atoms with Crippen molar-refractivity contribution >= 4 is 16.6 Å². The summed E-state index contributed by atoms with van der Waals surface area (Å²) in [6, 6.07) is 8.35. The zero-order valence-electron chi connectivity index (χ0n) is 15.1. The van der Waals surface area contributed by atoms with Gasteiger partial charge in [-0.2, -0.15) is 0 Å². The Morgan fingerprint density at radius 2 is 2.00 bits per heavy atom. The predicted octanol–water partition coefficient (Wildman–Crippen LogP) is 2.80. The van der Waals surface area contributed by atoms with E-state index in [0.29, 0.717) is 22.9 Å². The Kier molecular flexibility index (Phi) is 4.42. The van der Waals surface area contributed by atoms with Gasteiger partial charge in [0.15, 0.2) is 11.2 Å². The number of piperidine rings is 1. The van der Waals surface area contributed by atoms with Crippen molar-refractivity contribution in [3.8, 4) is 11.3 Å². The fraction of sp³-hybridized carbons (Fsp3) is 0.350.